The predicted octanol–water partition coefficient (Wildman–Crippen LogP) is 2.85. The van der Waals surface area contributed by atoms with E-state index in [4.69, 9.17) is 28.3 Å². The van der Waals surface area contributed by atoms with E-state index >= 15 is 0 Å². The number of carboxylic acid groups (broad SMARTS) is 1. The van der Waals surface area contributed by atoms with Gasteiger partial charge in [-0.15, -0.1) is 23.2 Å². The van der Waals surface area contributed by atoms with Gasteiger partial charge in [0.1, 0.15) is 0 Å². The molecule has 0 atom stereocenters. The van der Waals surface area contributed by atoms with Crippen molar-refractivity contribution < 1.29 is 9.90 Å². The Bertz CT molecular complexity index is 579. The molecule has 102 valence electrons. The average Bonchev–Trinajstić information content (AvgIpc) is 2.81. The van der Waals surface area contributed by atoms with Gasteiger partial charge in [-0.05, 0) is 18.2 Å². The molecule has 0 bridgehead atoms. The molecule has 1 heterocycles. The molecule has 2 rings (SSSR count). The number of aromatic nitrogens is 2. The van der Waals surface area contributed by atoms with Crippen molar-refractivity contribution in [1.29, 1.82) is 0 Å². The quantitative estimate of drug-likeness (QED) is 0.863. The molecule has 7 heteroatoms. The van der Waals surface area contributed by atoms with Gasteiger partial charge >= 0.3 is 6.09 Å². The molecule has 0 fully saturated rings. The number of hydrogen-bond donors (Lipinski definition) is 1. The first-order chi connectivity index (χ1) is 9.15. The Kier molecular flexibility index (Phi) is 4.50. The van der Waals surface area contributed by atoms with Crippen LogP contribution in [0, 0.1) is 0 Å². The van der Waals surface area contributed by atoms with Gasteiger partial charge in [-0.2, -0.15) is 9.78 Å². The van der Waals surface area contributed by atoms with Crippen LogP contribution in [0.25, 0.3) is 10.9 Å². The molecule has 0 aliphatic carbocycles. The summed E-state index contributed by atoms with van der Waals surface area (Å²) in [6, 6.07) is 5.57. The zero-order valence-corrected chi connectivity index (χ0v) is 11.6. The van der Waals surface area contributed by atoms with E-state index in [1.807, 2.05) is 12.1 Å². The van der Waals surface area contributed by atoms with Crippen molar-refractivity contribution in [1.82, 2.24) is 9.78 Å². The van der Waals surface area contributed by atoms with Crippen LogP contribution in [0.1, 0.15) is 0 Å². The highest BCUT2D eigenvalue weighted by Crippen LogP contribution is 2.21. The second kappa shape index (κ2) is 6.12. The van der Waals surface area contributed by atoms with E-state index in [-0.39, 0.29) is 0 Å². The van der Waals surface area contributed by atoms with E-state index < -0.39 is 6.09 Å². The van der Waals surface area contributed by atoms with Gasteiger partial charge in [0, 0.05) is 42.1 Å². The molecule has 0 unspecified atom stereocenters. The van der Waals surface area contributed by atoms with Gasteiger partial charge in [-0.25, -0.2) is 4.79 Å². The van der Waals surface area contributed by atoms with Gasteiger partial charge in [0.2, 0.25) is 0 Å². The molecule has 0 radical (unpaired) electrons. The summed E-state index contributed by atoms with van der Waals surface area (Å²) in [4.78, 5) is 12.9. The number of nitrogens with zero attached hydrogens (tertiary/aromatic N) is 3. The average molecular weight is 302 g/mol. The van der Waals surface area contributed by atoms with Crippen LogP contribution in [0.15, 0.2) is 24.4 Å². The lowest BCUT2D eigenvalue weighted by molar-refractivity contribution is 0.193. The predicted molar refractivity (Wildman–Crippen MR) is 76.8 cm³/mol. The number of rotatable bonds is 5. The molecule has 0 saturated heterocycles. The van der Waals surface area contributed by atoms with Crippen LogP contribution in [0.3, 0.4) is 0 Å². The number of halogens is 2. The van der Waals surface area contributed by atoms with E-state index in [1.54, 1.807) is 6.07 Å². The molecule has 1 aromatic carbocycles. The minimum atomic E-state index is -1.10. The zero-order valence-electron chi connectivity index (χ0n) is 10.1. The maximum Gasteiger partial charge on any atom is 0.432 e. The van der Waals surface area contributed by atoms with Crippen LogP contribution in [0.4, 0.5) is 10.5 Å². The number of carbonyl (C=O) groups is 1. The van der Waals surface area contributed by atoms with Crippen molar-refractivity contribution in [2.24, 2.45) is 0 Å². The molecule has 0 amide bonds. The highest BCUT2D eigenvalue weighted by Gasteiger charge is 2.10. The molecule has 19 heavy (non-hydrogen) atoms. The largest absolute Gasteiger partial charge is 0.463 e. The highest BCUT2D eigenvalue weighted by molar-refractivity contribution is 6.18. The first kappa shape index (κ1) is 14.0. The van der Waals surface area contributed by atoms with E-state index in [2.05, 4.69) is 10.00 Å². The van der Waals surface area contributed by atoms with Gasteiger partial charge in [0.25, 0.3) is 0 Å². The Hall–Kier alpha value is -1.46. The molecule has 2 aromatic rings. The van der Waals surface area contributed by atoms with Crippen LogP contribution in [0.2, 0.25) is 0 Å². The summed E-state index contributed by atoms with van der Waals surface area (Å²) in [5.41, 5.74) is 1.60. The van der Waals surface area contributed by atoms with Gasteiger partial charge in [-0.3, -0.25) is 0 Å². The second-order valence-electron chi connectivity index (χ2n) is 3.96. The number of alkyl halides is 2. The Balaban J connectivity index is 2.36. The van der Waals surface area contributed by atoms with Crippen LogP contribution >= 0.6 is 23.2 Å². The maximum absolute atomic E-state index is 10.8. The van der Waals surface area contributed by atoms with Crippen LogP contribution < -0.4 is 4.90 Å². The van der Waals surface area contributed by atoms with Gasteiger partial charge in [0.15, 0.2) is 0 Å². The normalized spacial score (nSPS) is 10.8. The summed E-state index contributed by atoms with van der Waals surface area (Å²) < 4.78 is 0.905. The van der Waals surface area contributed by atoms with Gasteiger partial charge in [0.05, 0.1) is 5.52 Å². The van der Waals surface area contributed by atoms with Crippen molar-refractivity contribution in [3.8, 4) is 0 Å². The third-order valence-corrected chi connectivity index (χ3v) is 3.10. The number of hydrogen-bond acceptors (Lipinski definition) is 3. The number of anilines is 1. The molecule has 1 aromatic heterocycles. The zero-order chi connectivity index (χ0) is 13.8. The molecule has 0 spiro atoms. The Morgan fingerprint density at radius 2 is 2.00 bits per heavy atom. The number of fused-ring (bicyclic) bond motifs is 1. The standard InChI is InChI=1S/C12H13Cl2N3O2/c13-3-5-16(6-4-14)10-1-2-11-9(7-10)8-17(15-11)12(18)19/h1-2,7-8H,3-6H2,(H,18,19). The molecule has 0 saturated carbocycles. The fraction of sp³-hybridized carbons (Fsp3) is 0.333. The molecule has 1 N–H and O–H groups in total. The summed E-state index contributed by atoms with van der Waals surface area (Å²) in [7, 11) is 0. The fourth-order valence-electron chi connectivity index (χ4n) is 1.88. The summed E-state index contributed by atoms with van der Waals surface area (Å²) in [6.45, 7) is 1.37. The highest BCUT2D eigenvalue weighted by atomic mass is 35.5. The molecule has 0 aliphatic heterocycles. The lowest BCUT2D eigenvalue weighted by Crippen LogP contribution is -2.27. The molecule has 0 aliphatic rings. The monoisotopic (exact) mass is 301 g/mol. The summed E-state index contributed by atoms with van der Waals surface area (Å²) in [5.74, 6) is 1.01. The fourth-order valence-corrected chi connectivity index (χ4v) is 2.29. The van der Waals surface area contributed by atoms with Crippen LogP contribution in [0.5, 0.6) is 0 Å². The molecular weight excluding hydrogens is 289 g/mol. The van der Waals surface area contributed by atoms with E-state index in [1.165, 1.54) is 6.20 Å². The SMILES string of the molecule is O=C(O)n1cc2cc(N(CCCl)CCCl)ccc2n1. The summed E-state index contributed by atoms with van der Waals surface area (Å²) in [6.07, 6.45) is 0.386. The van der Waals surface area contributed by atoms with E-state index in [0.29, 0.717) is 30.4 Å². The topological polar surface area (TPSA) is 58.4 Å². The minimum absolute atomic E-state index is 0.503. The lowest BCUT2D eigenvalue weighted by atomic mass is 10.2. The van der Waals surface area contributed by atoms with Crippen molar-refractivity contribution in [3.05, 3.63) is 24.4 Å². The lowest BCUT2D eigenvalue weighted by Gasteiger charge is -2.22. The molecule has 5 nitrogen and oxygen atoms in total. The first-order valence-corrected chi connectivity index (χ1v) is 6.82. The van der Waals surface area contributed by atoms with Crippen molar-refractivity contribution in [2.45, 2.75) is 0 Å². The van der Waals surface area contributed by atoms with Crippen molar-refractivity contribution in [3.63, 3.8) is 0 Å². The van der Waals surface area contributed by atoms with Crippen LogP contribution in [-0.2, 0) is 0 Å². The van der Waals surface area contributed by atoms with Gasteiger partial charge in [-0.1, -0.05) is 0 Å². The second-order valence-corrected chi connectivity index (χ2v) is 4.72. The van der Waals surface area contributed by atoms with Crippen LogP contribution in [-0.4, -0.2) is 45.8 Å². The first-order valence-electron chi connectivity index (χ1n) is 5.75. The van der Waals surface area contributed by atoms with Gasteiger partial charge < -0.3 is 10.0 Å². The minimum Gasteiger partial charge on any atom is -0.463 e. The Morgan fingerprint density at radius 3 is 2.58 bits per heavy atom. The van der Waals surface area contributed by atoms with E-state index in [9.17, 15) is 4.79 Å². The molecular formula is C12H13Cl2N3O2. The van der Waals surface area contributed by atoms with Crippen molar-refractivity contribution >= 4 is 45.9 Å². The Labute approximate surface area is 120 Å². The smallest absolute Gasteiger partial charge is 0.432 e. The number of benzene rings is 1. The summed E-state index contributed by atoms with van der Waals surface area (Å²) in [5, 5.41) is 13.6. The third-order valence-electron chi connectivity index (χ3n) is 2.76. The third kappa shape index (κ3) is 3.11. The summed E-state index contributed by atoms with van der Waals surface area (Å²) >= 11 is 11.5. The van der Waals surface area contributed by atoms with Crippen molar-refractivity contribution in [2.75, 3.05) is 29.7 Å². The maximum atomic E-state index is 10.8. The van der Waals surface area contributed by atoms with E-state index in [0.717, 1.165) is 15.8 Å². The Morgan fingerprint density at radius 1 is 1.32 bits per heavy atom.